The number of anilines is 1. The second kappa shape index (κ2) is 3.18. The summed E-state index contributed by atoms with van der Waals surface area (Å²) in [7, 11) is 0. The van der Waals surface area contributed by atoms with Gasteiger partial charge >= 0.3 is 0 Å². The molecule has 78 valence electrons. The molecule has 1 heterocycles. The van der Waals surface area contributed by atoms with Gasteiger partial charge in [0.1, 0.15) is 12.4 Å². The van der Waals surface area contributed by atoms with E-state index in [0.29, 0.717) is 12.8 Å². The third kappa shape index (κ3) is 1.56. The lowest BCUT2D eigenvalue weighted by molar-refractivity contribution is -0.0818. The van der Waals surface area contributed by atoms with E-state index in [1.807, 2.05) is 0 Å². The number of aromatic nitrogens is 3. The second-order valence-corrected chi connectivity index (χ2v) is 3.61. The first kappa shape index (κ1) is 9.36. The molecular formula is C8H12F2N4. The molecule has 1 atom stereocenters. The Hall–Kier alpha value is -1.20. The Bertz CT molecular complexity index is 323. The minimum absolute atomic E-state index is 0.0476. The molecule has 6 heteroatoms. The summed E-state index contributed by atoms with van der Waals surface area (Å²) in [6.07, 6.45) is 3.03. The molecule has 1 aliphatic carbocycles. The van der Waals surface area contributed by atoms with Crippen LogP contribution in [0.15, 0.2) is 6.33 Å². The van der Waals surface area contributed by atoms with E-state index in [1.54, 1.807) is 0 Å². The van der Waals surface area contributed by atoms with Crippen molar-refractivity contribution in [3.05, 3.63) is 6.33 Å². The van der Waals surface area contributed by atoms with Crippen molar-refractivity contribution in [3.63, 3.8) is 0 Å². The van der Waals surface area contributed by atoms with E-state index in [0.717, 1.165) is 6.42 Å². The van der Waals surface area contributed by atoms with Crippen LogP contribution in [0.5, 0.6) is 0 Å². The summed E-state index contributed by atoms with van der Waals surface area (Å²) in [5, 5.41) is 3.73. The standard InChI is InChI=1S/C8H12F2N4/c9-8(10)4-2-1-3-6(8)14-5-12-7(11)13-14/h5-6H,1-4H2,(H2,11,13). The van der Waals surface area contributed by atoms with Gasteiger partial charge in [0, 0.05) is 6.42 Å². The van der Waals surface area contributed by atoms with Crippen LogP contribution in [0.3, 0.4) is 0 Å². The molecule has 0 aromatic carbocycles. The highest BCUT2D eigenvalue weighted by Crippen LogP contribution is 2.41. The van der Waals surface area contributed by atoms with E-state index >= 15 is 0 Å². The van der Waals surface area contributed by atoms with Crippen LogP contribution in [0.2, 0.25) is 0 Å². The van der Waals surface area contributed by atoms with Gasteiger partial charge in [-0.15, -0.1) is 5.10 Å². The molecule has 1 fully saturated rings. The predicted molar refractivity (Wildman–Crippen MR) is 46.9 cm³/mol. The first-order chi connectivity index (χ1) is 6.59. The number of nitrogens with two attached hydrogens (primary N) is 1. The van der Waals surface area contributed by atoms with Gasteiger partial charge < -0.3 is 5.73 Å². The number of halogens is 2. The molecule has 2 rings (SSSR count). The molecular weight excluding hydrogens is 190 g/mol. The van der Waals surface area contributed by atoms with Crippen LogP contribution in [0.4, 0.5) is 14.7 Å². The summed E-state index contributed by atoms with van der Waals surface area (Å²) in [5.74, 6) is -2.63. The van der Waals surface area contributed by atoms with E-state index in [-0.39, 0.29) is 12.4 Å². The van der Waals surface area contributed by atoms with Gasteiger partial charge in [-0.3, -0.25) is 0 Å². The van der Waals surface area contributed by atoms with E-state index in [1.165, 1.54) is 11.0 Å². The number of alkyl halides is 2. The van der Waals surface area contributed by atoms with Crippen molar-refractivity contribution in [1.82, 2.24) is 14.8 Å². The fourth-order valence-electron chi connectivity index (χ4n) is 1.84. The summed E-state index contributed by atoms with van der Waals surface area (Å²) in [6, 6.07) is -0.874. The molecule has 1 saturated carbocycles. The van der Waals surface area contributed by atoms with Crippen molar-refractivity contribution >= 4 is 5.95 Å². The third-order valence-electron chi connectivity index (χ3n) is 2.57. The molecule has 1 aromatic rings. The van der Waals surface area contributed by atoms with Gasteiger partial charge in [-0.1, -0.05) is 6.42 Å². The molecule has 0 aliphatic heterocycles. The normalized spacial score (nSPS) is 26.3. The fraction of sp³-hybridized carbons (Fsp3) is 0.750. The lowest BCUT2D eigenvalue weighted by atomic mass is 9.92. The van der Waals surface area contributed by atoms with Crippen LogP contribution in [-0.2, 0) is 0 Å². The summed E-state index contributed by atoms with van der Waals surface area (Å²) < 4.78 is 28.1. The molecule has 1 aromatic heterocycles. The quantitative estimate of drug-likeness (QED) is 0.752. The van der Waals surface area contributed by atoms with E-state index in [2.05, 4.69) is 10.1 Å². The molecule has 1 unspecified atom stereocenters. The van der Waals surface area contributed by atoms with Crippen molar-refractivity contribution in [3.8, 4) is 0 Å². The SMILES string of the molecule is Nc1ncn(C2CCCCC2(F)F)n1. The van der Waals surface area contributed by atoms with Crippen molar-refractivity contribution in [2.75, 3.05) is 5.73 Å². The van der Waals surface area contributed by atoms with Crippen LogP contribution in [-0.4, -0.2) is 20.7 Å². The Morgan fingerprint density at radius 2 is 2.29 bits per heavy atom. The number of hydrogen-bond donors (Lipinski definition) is 1. The molecule has 0 spiro atoms. The van der Waals surface area contributed by atoms with Gasteiger partial charge in [-0.05, 0) is 12.8 Å². The highest BCUT2D eigenvalue weighted by Gasteiger charge is 2.43. The highest BCUT2D eigenvalue weighted by molar-refractivity contribution is 5.10. The van der Waals surface area contributed by atoms with Crippen molar-refractivity contribution < 1.29 is 8.78 Å². The van der Waals surface area contributed by atoms with Crippen molar-refractivity contribution in [1.29, 1.82) is 0 Å². The summed E-state index contributed by atoms with van der Waals surface area (Å²) in [4.78, 5) is 3.65. The molecule has 2 N–H and O–H groups in total. The average Bonchev–Trinajstić information content (AvgIpc) is 2.51. The molecule has 0 saturated heterocycles. The summed E-state index contributed by atoms with van der Waals surface area (Å²) in [6.45, 7) is 0. The van der Waals surface area contributed by atoms with Gasteiger partial charge in [0.25, 0.3) is 5.92 Å². The molecule has 1 aliphatic rings. The fourth-order valence-corrected chi connectivity index (χ4v) is 1.84. The maximum Gasteiger partial charge on any atom is 0.270 e. The minimum atomic E-state index is -2.68. The lowest BCUT2D eigenvalue weighted by Crippen LogP contribution is -2.34. The maximum atomic E-state index is 13.4. The van der Waals surface area contributed by atoms with Crippen LogP contribution >= 0.6 is 0 Å². The van der Waals surface area contributed by atoms with E-state index < -0.39 is 12.0 Å². The molecule has 14 heavy (non-hydrogen) atoms. The zero-order valence-corrected chi connectivity index (χ0v) is 7.66. The molecule has 0 amide bonds. The van der Waals surface area contributed by atoms with Crippen LogP contribution in [0.1, 0.15) is 31.7 Å². The number of nitrogen functional groups attached to an aromatic ring is 1. The maximum absolute atomic E-state index is 13.4. The Labute approximate surface area is 80.1 Å². The summed E-state index contributed by atoms with van der Waals surface area (Å²) >= 11 is 0. The third-order valence-corrected chi connectivity index (χ3v) is 2.57. The Kier molecular flexibility index (Phi) is 2.13. The Balaban J connectivity index is 2.23. The largest absolute Gasteiger partial charge is 0.367 e. The number of rotatable bonds is 1. The van der Waals surface area contributed by atoms with Gasteiger partial charge in [-0.25, -0.2) is 18.4 Å². The lowest BCUT2D eigenvalue weighted by Gasteiger charge is -2.30. The predicted octanol–water partition coefficient (Wildman–Crippen LogP) is 1.61. The monoisotopic (exact) mass is 202 g/mol. The smallest absolute Gasteiger partial charge is 0.270 e. The number of nitrogens with zero attached hydrogens (tertiary/aromatic N) is 3. The Morgan fingerprint density at radius 3 is 2.86 bits per heavy atom. The first-order valence-corrected chi connectivity index (χ1v) is 4.64. The van der Waals surface area contributed by atoms with E-state index in [4.69, 9.17) is 5.73 Å². The zero-order valence-electron chi connectivity index (χ0n) is 7.66. The first-order valence-electron chi connectivity index (χ1n) is 4.64. The molecule has 4 nitrogen and oxygen atoms in total. The van der Waals surface area contributed by atoms with Gasteiger partial charge in [0.05, 0.1) is 0 Å². The minimum Gasteiger partial charge on any atom is -0.367 e. The van der Waals surface area contributed by atoms with E-state index in [9.17, 15) is 8.78 Å². The topological polar surface area (TPSA) is 56.7 Å². The van der Waals surface area contributed by atoms with Crippen LogP contribution < -0.4 is 5.73 Å². The van der Waals surface area contributed by atoms with Gasteiger partial charge in [-0.2, -0.15) is 0 Å². The van der Waals surface area contributed by atoms with Crippen molar-refractivity contribution in [2.24, 2.45) is 0 Å². The number of hydrogen-bond acceptors (Lipinski definition) is 3. The Morgan fingerprint density at radius 1 is 1.50 bits per heavy atom. The van der Waals surface area contributed by atoms with Crippen LogP contribution in [0, 0.1) is 0 Å². The zero-order chi connectivity index (χ0) is 10.2. The van der Waals surface area contributed by atoms with Gasteiger partial charge in [0.2, 0.25) is 5.95 Å². The molecule has 0 radical (unpaired) electrons. The average molecular weight is 202 g/mol. The highest BCUT2D eigenvalue weighted by atomic mass is 19.3. The van der Waals surface area contributed by atoms with Gasteiger partial charge in [0.15, 0.2) is 0 Å². The van der Waals surface area contributed by atoms with Crippen LogP contribution in [0.25, 0.3) is 0 Å². The van der Waals surface area contributed by atoms with Crippen molar-refractivity contribution in [2.45, 2.75) is 37.6 Å². The molecule has 0 bridgehead atoms. The summed E-state index contributed by atoms with van der Waals surface area (Å²) in [5.41, 5.74) is 5.29. The second-order valence-electron chi connectivity index (χ2n) is 3.61.